The van der Waals surface area contributed by atoms with Gasteiger partial charge >= 0.3 is 0 Å². The van der Waals surface area contributed by atoms with Crippen molar-refractivity contribution in [3.8, 4) is 5.75 Å². The second-order valence-corrected chi connectivity index (χ2v) is 3.97. The first-order valence-electron chi connectivity index (χ1n) is 4.74. The molecule has 15 heavy (non-hydrogen) atoms. The van der Waals surface area contributed by atoms with Gasteiger partial charge in [-0.3, -0.25) is 0 Å². The summed E-state index contributed by atoms with van der Waals surface area (Å²) in [6.45, 7) is 2.97. The van der Waals surface area contributed by atoms with Gasteiger partial charge in [-0.2, -0.15) is 0 Å². The summed E-state index contributed by atoms with van der Waals surface area (Å²) in [5.41, 5.74) is 0.0656. The molecule has 1 aliphatic rings. The first-order chi connectivity index (χ1) is 6.89. The molecule has 1 unspecified atom stereocenters. The van der Waals surface area contributed by atoms with Gasteiger partial charge in [-0.25, -0.2) is 13.2 Å². The second-order valence-electron chi connectivity index (χ2n) is 3.97. The summed E-state index contributed by atoms with van der Waals surface area (Å²) in [6, 6.07) is 2.26. The molecule has 4 heteroatoms. The highest BCUT2D eigenvalue weighted by Gasteiger charge is 2.32. The Labute approximate surface area is 85.9 Å². The van der Waals surface area contributed by atoms with E-state index in [1.807, 2.05) is 6.92 Å². The Morgan fingerprint density at radius 2 is 2.07 bits per heavy atom. The molecule has 0 aliphatic carbocycles. The maximum atomic E-state index is 13.4. The molecule has 1 nitrogen and oxygen atoms in total. The monoisotopic (exact) mass is 216 g/mol. The van der Waals surface area contributed by atoms with Crippen LogP contribution in [0.5, 0.6) is 5.75 Å². The molecule has 0 amide bonds. The van der Waals surface area contributed by atoms with Gasteiger partial charge in [-0.1, -0.05) is 6.92 Å². The zero-order valence-corrected chi connectivity index (χ0v) is 8.48. The topological polar surface area (TPSA) is 9.23 Å². The molecule has 0 spiro atoms. The van der Waals surface area contributed by atoms with Gasteiger partial charge in [0.2, 0.25) is 0 Å². The Morgan fingerprint density at radius 1 is 1.40 bits per heavy atom. The Morgan fingerprint density at radius 3 is 2.67 bits per heavy atom. The molecule has 0 saturated heterocycles. The van der Waals surface area contributed by atoms with Crippen molar-refractivity contribution in [2.75, 3.05) is 6.61 Å². The van der Waals surface area contributed by atoms with Gasteiger partial charge in [0.25, 0.3) is 5.92 Å². The lowest BCUT2D eigenvalue weighted by Gasteiger charge is -2.13. The zero-order valence-electron chi connectivity index (χ0n) is 8.48. The number of rotatable bonds is 1. The van der Waals surface area contributed by atoms with Gasteiger partial charge in [0.15, 0.2) is 0 Å². The van der Waals surface area contributed by atoms with E-state index < -0.39 is 17.3 Å². The van der Waals surface area contributed by atoms with E-state index in [0.717, 1.165) is 12.1 Å². The molecule has 0 aromatic heterocycles. The summed E-state index contributed by atoms with van der Waals surface area (Å²) < 4.78 is 44.6. The number of hydrogen-bond acceptors (Lipinski definition) is 1. The van der Waals surface area contributed by atoms with Crippen LogP contribution in [0, 0.1) is 5.82 Å². The van der Waals surface area contributed by atoms with Crippen LogP contribution < -0.4 is 4.74 Å². The molecule has 1 atom stereocenters. The van der Waals surface area contributed by atoms with E-state index in [9.17, 15) is 13.2 Å². The molecule has 1 aliphatic heterocycles. The minimum absolute atomic E-state index is 0.0639. The van der Waals surface area contributed by atoms with Crippen molar-refractivity contribution < 1.29 is 17.9 Å². The number of benzene rings is 1. The van der Waals surface area contributed by atoms with Gasteiger partial charge in [0.05, 0.1) is 12.2 Å². The molecule has 0 fully saturated rings. The normalized spacial score (nSPS) is 19.9. The van der Waals surface area contributed by atoms with E-state index in [2.05, 4.69) is 0 Å². The number of ether oxygens (including phenoxy) is 1. The third kappa shape index (κ3) is 1.68. The first-order valence-corrected chi connectivity index (χ1v) is 4.74. The highest BCUT2D eigenvalue weighted by atomic mass is 19.3. The molecular formula is C11H11F3O. The van der Waals surface area contributed by atoms with Crippen molar-refractivity contribution in [1.29, 1.82) is 0 Å². The molecule has 1 heterocycles. The summed E-state index contributed by atoms with van der Waals surface area (Å²) in [4.78, 5) is 0. The summed E-state index contributed by atoms with van der Waals surface area (Å²) in [6.07, 6.45) is 0. The molecule has 0 bridgehead atoms. The molecule has 0 saturated carbocycles. The molecule has 82 valence electrons. The van der Waals surface area contributed by atoms with Crippen LogP contribution in [0.1, 0.15) is 30.9 Å². The predicted octanol–water partition coefficient (Wildman–Crippen LogP) is 3.43. The molecule has 1 aromatic rings. The predicted molar refractivity (Wildman–Crippen MR) is 49.9 cm³/mol. The highest BCUT2D eigenvalue weighted by molar-refractivity contribution is 5.44. The van der Waals surface area contributed by atoms with Crippen molar-refractivity contribution >= 4 is 0 Å². The van der Waals surface area contributed by atoms with E-state index in [1.54, 1.807) is 0 Å². The summed E-state index contributed by atoms with van der Waals surface area (Å²) in [5, 5.41) is 0. The van der Waals surface area contributed by atoms with Crippen molar-refractivity contribution in [3.05, 3.63) is 29.1 Å². The lowest BCUT2D eigenvalue weighted by molar-refractivity contribution is 0.0135. The Bertz CT molecular complexity index is 396. The Kier molecular flexibility index (Phi) is 2.17. The summed E-state index contributed by atoms with van der Waals surface area (Å²) in [5.74, 6) is -3.60. The number of alkyl halides is 2. The van der Waals surface area contributed by atoms with Crippen molar-refractivity contribution in [2.45, 2.75) is 25.7 Å². The smallest absolute Gasteiger partial charge is 0.273 e. The molecular weight excluding hydrogens is 205 g/mol. The van der Waals surface area contributed by atoms with E-state index >= 15 is 0 Å². The fourth-order valence-corrected chi connectivity index (χ4v) is 1.72. The van der Waals surface area contributed by atoms with Crippen LogP contribution in [0.4, 0.5) is 13.2 Å². The van der Waals surface area contributed by atoms with Gasteiger partial charge < -0.3 is 4.74 Å². The quantitative estimate of drug-likeness (QED) is 0.698. The van der Waals surface area contributed by atoms with Gasteiger partial charge in [-0.05, 0) is 12.1 Å². The van der Waals surface area contributed by atoms with Crippen LogP contribution in [0.25, 0.3) is 0 Å². The number of hydrogen-bond donors (Lipinski definition) is 0. The van der Waals surface area contributed by atoms with Crippen LogP contribution in [0.15, 0.2) is 12.1 Å². The Hall–Kier alpha value is -1.19. The van der Waals surface area contributed by atoms with Crippen LogP contribution in [0.2, 0.25) is 0 Å². The van der Waals surface area contributed by atoms with Crippen LogP contribution in [-0.4, -0.2) is 6.61 Å². The summed E-state index contributed by atoms with van der Waals surface area (Å²) >= 11 is 0. The van der Waals surface area contributed by atoms with Gasteiger partial charge in [-0.15, -0.1) is 0 Å². The van der Waals surface area contributed by atoms with E-state index in [4.69, 9.17) is 4.74 Å². The maximum Gasteiger partial charge on any atom is 0.273 e. The fraction of sp³-hybridized carbons (Fsp3) is 0.455. The third-order valence-corrected chi connectivity index (χ3v) is 2.59. The van der Waals surface area contributed by atoms with Crippen molar-refractivity contribution in [2.24, 2.45) is 0 Å². The Balaban J connectivity index is 2.54. The maximum absolute atomic E-state index is 13.4. The second kappa shape index (κ2) is 3.15. The minimum Gasteiger partial charge on any atom is -0.493 e. The van der Waals surface area contributed by atoms with Crippen LogP contribution in [0.3, 0.4) is 0 Å². The average Bonchev–Trinajstić information content (AvgIpc) is 2.45. The molecule has 2 rings (SSSR count). The standard InChI is InChI=1S/C11H11F3O/c1-6-5-15-10-4-8(11(2,13)14)9(12)3-7(6)10/h3-4,6H,5H2,1-2H3. The van der Waals surface area contributed by atoms with Crippen molar-refractivity contribution in [1.82, 2.24) is 0 Å². The van der Waals surface area contributed by atoms with E-state index in [-0.39, 0.29) is 5.92 Å². The van der Waals surface area contributed by atoms with Gasteiger partial charge in [0.1, 0.15) is 11.6 Å². The van der Waals surface area contributed by atoms with Crippen LogP contribution >= 0.6 is 0 Å². The largest absolute Gasteiger partial charge is 0.493 e. The number of fused-ring (bicyclic) bond motifs is 1. The third-order valence-electron chi connectivity index (χ3n) is 2.59. The minimum atomic E-state index is -3.17. The summed E-state index contributed by atoms with van der Waals surface area (Å²) in [7, 11) is 0. The SMILES string of the molecule is CC1COc2cc(C(C)(F)F)c(F)cc21. The molecule has 0 radical (unpaired) electrons. The van der Waals surface area contributed by atoms with E-state index in [1.165, 1.54) is 0 Å². The highest BCUT2D eigenvalue weighted by Crippen LogP contribution is 2.39. The molecule has 1 aromatic carbocycles. The average molecular weight is 216 g/mol. The first kappa shape index (κ1) is 10.3. The fourth-order valence-electron chi connectivity index (χ4n) is 1.72. The van der Waals surface area contributed by atoms with Crippen molar-refractivity contribution in [3.63, 3.8) is 0 Å². The zero-order chi connectivity index (χ0) is 11.2. The van der Waals surface area contributed by atoms with Gasteiger partial charge in [0, 0.05) is 18.4 Å². The lowest BCUT2D eigenvalue weighted by atomic mass is 9.99. The van der Waals surface area contributed by atoms with Crippen LogP contribution in [-0.2, 0) is 5.92 Å². The van der Waals surface area contributed by atoms with E-state index in [0.29, 0.717) is 24.8 Å². The molecule has 0 N–H and O–H groups in total. The lowest BCUT2D eigenvalue weighted by Crippen LogP contribution is -2.10. The number of halogens is 3.